The predicted molar refractivity (Wildman–Crippen MR) is 104 cm³/mol. The third-order valence-corrected chi connectivity index (χ3v) is 5.96. The maximum absolute atomic E-state index is 11.5. The summed E-state index contributed by atoms with van der Waals surface area (Å²) in [5, 5.41) is -0.440. The quantitative estimate of drug-likeness (QED) is 0.289. The van der Waals surface area contributed by atoms with Gasteiger partial charge in [0.05, 0.1) is 9.62 Å². The lowest BCUT2D eigenvalue weighted by molar-refractivity contribution is -0.108. The molecule has 1 rings (SSSR count). The lowest BCUT2D eigenvalue weighted by Crippen LogP contribution is -2.23. The van der Waals surface area contributed by atoms with Gasteiger partial charge in [-0.1, -0.05) is 22.6 Å². The Morgan fingerprint density at radius 3 is 2.28 bits per heavy atom. The highest BCUT2D eigenvalue weighted by molar-refractivity contribution is 14.1. The molecule has 0 spiro atoms. The molecule has 1 unspecified atom stereocenters. The number of carbonyl (C=O) groups is 1. The number of alkyl halides is 1. The fourth-order valence-electron chi connectivity index (χ4n) is 1.36. The Kier molecular flexibility index (Phi) is 8.44. The van der Waals surface area contributed by atoms with E-state index in [1.165, 1.54) is 0 Å². The summed E-state index contributed by atoms with van der Waals surface area (Å²) in [6.45, 7) is 0. The van der Waals surface area contributed by atoms with Crippen LogP contribution in [0.1, 0.15) is 0 Å². The first kappa shape index (κ1) is 19.3. The minimum absolute atomic E-state index is 0. The largest absolute Gasteiger partial charge is 0.397 e. The van der Waals surface area contributed by atoms with E-state index in [9.17, 15) is 4.79 Å². The smallest absolute Gasteiger partial charge is 0.250 e. The lowest BCUT2D eigenvalue weighted by Gasteiger charge is -2.25. The van der Waals surface area contributed by atoms with Crippen LogP contribution < -0.4 is 5.73 Å². The fourth-order valence-corrected chi connectivity index (χ4v) is 6.23. The molecule has 0 bridgehead atoms. The van der Waals surface area contributed by atoms with E-state index in [4.69, 9.17) is 17.3 Å². The molecule has 0 amide bonds. The van der Waals surface area contributed by atoms with Crippen LogP contribution in [0.5, 0.6) is 0 Å². The monoisotopic (exact) mass is 626 g/mol. The number of hydrogen-bond donors (Lipinski definition) is 1. The normalized spacial score (nSPS) is 22.1. The number of hydrogen-bond acceptors (Lipinski definition) is 3. The summed E-state index contributed by atoms with van der Waals surface area (Å²) in [6, 6.07) is 0. The third-order valence-electron chi connectivity index (χ3n) is 2.10. The molecule has 18 heavy (non-hydrogen) atoms. The molecule has 102 valence electrons. The van der Waals surface area contributed by atoms with Crippen molar-refractivity contribution < 1.29 is 4.79 Å². The van der Waals surface area contributed by atoms with Gasteiger partial charge in [0.1, 0.15) is 0 Å². The van der Waals surface area contributed by atoms with Crippen LogP contribution in [0, 0.1) is 0 Å². The van der Waals surface area contributed by atoms with Gasteiger partial charge in [-0.2, -0.15) is 0 Å². The van der Waals surface area contributed by atoms with Gasteiger partial charge in [-0.25, -0.2) is 0 Å². The van der Waals surface area contributed by atoms with Crippen molar-refractivity contribution in [1.82, 2.24) is 4.90 Å². The Hall–Kier alpha value is 1.26. The summed E-state index contributed by atoms with van der Waals surface area (Å²) in [5.74, 6) is 0. The zero-order valence-electron chi connectivity index (χ0n) is 9.51. The standard InChI is InChI=1S/C10H10ClI3N2O.ClH/c1-16(2)3-4-6(12)5(10(11)17)8(14)9(15)7(4)13;/h3,6H,15H2,1-2H3;1H. The Bertz CT molecular complexity index is 458. The second kappa shape index (κ2) is 7.89. The van der Waals surface area contributed by atoms with E-state index in [0.29, 0.717) is 11.3 Å². The molecular formula is C10H11Cl2I3N2O. The van der Waals surface area contributed by atoms with Crippen LogP contribution in [0.4, 0.5) is 0 Å². The maximum Gasteiger partial charge on any atom is 0.250 e. The Labute approximate surface area is 158 Å². The summed E-state index contributed by atoms with van der Waals surface area (Å²) in [4.78, 5) is 13.4. The Morgan fingerprint density at radius 2 is 1.89 bits per heavy atom. The first-order valence-electron chi connectivity index (χ1n) is 4.55. The zero-order chi connectivity index (χ0) is 13.3. The lowest BCUT2D eigenvalue weighted by atomic mass is 9.99. The van der Waals surface area contributed by atoms with Crippen molar-refractivity contribution >= 4 is 97.0 Å². The molecule has 0 saturated carbocycles. The second-order valence-corrected chi connectivity index (χ2v) is 7.39. The molecule has 0 aromatic rings. The average molecular weight is 627 g/mol. The number of rotatable bonds is 2. The van der Waals surface area contributed by atoms with Crippen molar-refractivity contribution in [3.05, 3.63) is 30.2 Å². The number of nitrogens with zero attached hydrogens (tertiary/aromatic N) is 1. The molecule has 0 aliphatic heterocycles. The molecule has 0 heterocycles. The Morgan fingerprint density at radius 1 is 1.39 bits per heavy atom. The topological polar surface area (TPSA) is 46.3 Å². The summed E-state index contributed by atoms with van der Waals surface area (Å²) in [5.41, 5.74) is 8.21. The van der Waals surface area contributed by atoms with Gasteiger partial charge < -0.3 is 10.6 Å². The number of allylic oxidation sites excluding steroid dienone is 4. The highest BCUT2D eigenvalue weighted by Gasteiger charge is 2.32. The first-order chi connectivity index (χ1) is 7.77. The van der Waals surface area contributed by atoms with Crippen molar-refractivity contribution in [2.45, 2.75) is 3.92 Å². The summed E-state index contributed by atoms with van der Waals surface area (Å²) in [7, 11) is 3.86. The minimum Gasteiger partial charge on any atom is -0.397 e. The molecular weight excluding hydrogens is 616 g/mol. The number of nitrogens with two attached hydrogens (primary N) is 1. The van der Waals surface area contributed by atoms with Crippen molar-refractivity contribution in [1.29, 1.82) is 0 Å². The third kappa shape index (κ3) is 4.13. The van der Waals surface area contributed by atoms with Crippen LogP contribution >= 0.6 is 91.8 Å². The number of halogens is 5. The predicted octanol–water partition coefficient (Wildman–Crippen LogP) is 3.73. The van der Waals surface area contributed by atoms with Gasteiger partial charge in [-0.05, 0) is 56.8 Å². The second-order valence-electron chi connectivity index (χ2n) is 3.64. The van der Waals surface area contributed by atoms with E-state index in [0.717, 1.165) is 12.7 Å². The SMILES string of the molecule is CN(C)C=C1C(I)=C(N)C(I)=C(C(=O)Cl)C1I.Cl. The molecule has 8 heteroatoms. The fraction of sp³-hybridized carbons (Fsp3) is 0.300. The van der Waals surface area contributed by atoms with E-state index in [1.54, 1.807) is 0 Å². The summed E-state index contributed by atoms with van der Waals surface area (Å²) in [6.07, 6.45) is 1.97. The van der Waals surface area contributed by atoms with Crippen LogP contribution in [-0.2, 0) is 4.79 Å². The molecule has 0 aromatic carbocycles. The maximum atomic E-state index is 11.5. The van der Waals surface area contributed by atoms with Crippen LogP contribution in [0.25, 0.3) is 0 Å². The van der Waals surface area contributed by atoms with Crippen molar-refractivity contribution in [2.24, 2.45) is 5.73 Å². The van der Waals surface area contributed by atoms with Crippen LogP contribution in [0.15, 0.2) is 30.2 Å². The van der Waals surface area contributed by atoms with Gasteiger partial charge in [0.15, 0.2) is 0 Å². The molecule has 0 aromatic heterocycles. The highest BCUT2D eigenvalue weighted by atomic mass is 127. The summed E-state index contributed by atoms with van der Waals surface area (Å²) < 4.78 is 1.66. The molecule has 0 saturated heterocycles. The van der Waals surface area contributed by atoms with E-state index in [1.807, 2.05) is 25.2 Å². The summed E-state index contributed by atoms with van der Waals surface area (Å²) >= 11 is 12.1. The molecule has 2 N–H and O–H groups in total. The average Bonchev–Trinajstić information content (AvgIpc) is 2.21. The van der Waals surface area contributed by atoms with Gasteiger partial charge in [-0.3, -0.25) is 4.79 Å². The van der Waals surface area contributed by atoms with Crippen LogP contribution in [0.2, 0.25) is 0 Å². The van der Waals surface area contributed by atoms with E-state index in [2.05, 4.69) is 67.8 Å². The van der Waals surface area contributed by atoms with Crippen LogP contribution in [0.3, 0.4) is 0 Å². The molecule has 1 atom stereocenters. The van der Waals surface area contributed by atoms with E-state index in [-0.39, 0.29) is 16.3 Å². The molecule has 0 fully saturated rings. The van der Waals surface area contributed by atoms with Crippen molar-refractivity contribution in [3.63, 3.8) is 0 Å². The van der Waals surface area contributed by atoms with Crippen molar-refractivity contribution in [3.8, 4) is 0 Å². The van der Waals surface area contributed by atoms with Gasteiger partial charge in [0.2, 0.25) is 0 Å². The van der Waals surface area contributed by atoms with Gasteiger partial charge in [0, 0.05) is 38.6 Å². The van der Waals surface area contributed by atoms with E-state index < -0.39 is 5.24 Å². The number of carbonyl (C=O) groups excluding carboxylic acids is 1. The van der Waals surface area contributed by atoms with Gasteiger partial charge in [0.25, 0.3) is 5.24 Å². The van der Waals surface area contributed by atoms with Gasteiger partial charge >= 0.3 is 0 Å². The van der Waals surface area contributed by atoms with E-state index >= 15 is 0 Å². The van der Waals surface area contributed by atoms with Crippen LogP contribution in [-0.4, -0.2) is 28.2 Å². The first-order valence-corrected chi connectivity index (χ1v) is 8.33. The highest BCUT2D eigenvalue weighted by Crippen LogP contribution is 2.43. The molecule has 1 aliphatic rings. The Balaban J connectivity index is 0.00000289. The van der Waals surface area contributed by atoms with Crippen molar-refractivity contribution in [2.75, 3.05) is 14.1 Å². The minimum atomic E-state index is -0.440. The molecule has 1 aliphatic carbocycles. The van der Waals surface area contributed by atoms with Gasteiger partial charge in [-0.15, -0.1) is 12.4 Å². The molecule has 0 radical (unpaired) electrons. The zero-order valence-corrected chi connectivity index (χ0v) is 17.6. The molecule has 3 nitrogen and oxygen atoms in total.